The molecule has 0 aliphatic carbocycles. The topological polar surface area (TPSA) is 20.2 Å². The van der Waals surface area contributed by atoms with Gasteiger partial charge in [-0.3, -0.25) is 0 Å². The number of allylic oxidation sites excluding steroid dienone is 2. The van der Waals surface area contributed by atoms with Crippen LogP contribution in [0.15, 0.2) is 35.9 Å². The number of benzene rings is 1. The fourth-order valence-electron chi connectivity index (χ4n) is 1.34. The Kier molecular flexibility index (Phi) is 4.41. The van der Waals surface area contributed by atoms with E-state index in [1.807, 2.05) is 12.1 Å². The first-order valence-corrected chi connectivity index (χ1v) is 5.04. The quantitative estimate of drug-likeness (QED) is 0.723. The van der Waals surface area contributed by atoms with Gasteiger partial charge >= 0.3 is 0 Å². The molecule has 0 amide bonds. The minimum absolute atomic E-state index is 0.133. The summed E-state index contributed by atoms with van der Waals surface area (Å²) in [5, 5.41) is 8.87. The van der Waals surface area contributed by atoms with Crippen molar-refractivity contribution in [3.63, 3.8) is 0 Å². The lowest BCUT2D eigenvalue weighted by Crippen LogP contribution is -1.86. The smallest absolute Gasteiger partial charge is 0.0681 e. The molecular formula is C13H18O. The molecule has 0 radical (unpaired) electrons. The Hall–Kier alpha value is -1.08. The predicted molar refractivity (Wildman–Crippen MR) is 60.1 cm³/mol. The fourth-order valence-corrected chi connectivity index (χ4v) is 1.34. The van der Waals surface area contributed by atoms with Crippen LogP contribution in [0.1, 0.15) is 31.4 Å². The van der Waals surface area contributed by atoms with E-state index in [0.29, 0.717) is 0 Å². The molecule has 0 aliphatic heterocycles. The summed E-state index contributed by atoms with van der Waals surface area (Å²) in [5.74, 6) is 0. The van der Waals surface area contributed by atoms with Crippen molar-refractivity contribution in [3.8, 4) is 0 Å². The molecule has 0 saturated heterocycles. The number of hydrogen-bond acceptors (Lipinski definition) is 1. The highest BCUT2D eigenvalue weighted by molar-refractivity contribution is 5.22. The van der Waals surface area contributed by atoms with Crippen molar-refractivity contribution in [3.05, 3.63) is 47.0 Å². The van der Waals surface area contributed by atoms with Gasteiger partial charge in [-0.05, 0) is 37.8 Å². The van der Waals surface area contributed by atoms with Gasteiger partial charge in [0.25, 0.3) is 0 Å². The van der Waals surface area contributed by atoms with Gasteiger partial charge in [-0.2, -0.15) is 0 Å². The Morgan fingerprint density at radius 3 is 2.21 bits per heavy atom. The Balaban J connectivity index is 2.48. The highest BCUT2D eigenvalue weighted by Crippen LogP contribution is 2.07. The molecule has 1 aromatic carbocycles. The van der Waals surface area contributed by atoms with E-state index in [-0.39, 0.29) is 6.61 Å². The number of aliphatic hydroxyl groups is 1. The van der Waals surface area contributed by atoms with Crippen LogP contribution in [0.4, 0.5) is 0 Å². The molecule has 0 spiro atoms. The van der Waals surface area contributed by atoms with Gasteiger partial charge in [0, 0.05) is 0 Å². The molecule has 0 aromatic heterocycles. The third-order valence-corrected chi connectivity index (χ3v) is 2.19. The molecule has 0 heterocycles. The van der Waals surface area contributed by atoms with E-state index < -0.39 is 0 Å². The minimum Gasteiger partial charge on any atom is -0.392 e. The zero-order chi connectivity index (χ0) is 10.4. The number of aryl methyl sites for hydroxylation is 1. The van der Waals surface area contributed by atoms with Crippen LogP contribution in [0.5, 0.6) is 0 Å². The van der Waals surface area contributed by atoms with Gasteiger partial charge in [0.1, 0.15) is 0 Å². The monoisotopic (exact) mass is 190 g/mol. The van der Waals surface area contributed by atoms with Crippen molar-refractivity contribution in [2.45, 2.75) is 33.3 Å². The molecule has 0 atom stereocenters. The maximum Gasteiger partial charge on any atom is 0.0681 e. The van der Waals surface area contributed by atoms with Crippen molar-refractivity contribution < 1.29 is 5.11 Å². The van der Waals surface area contributed by atoms with E-state index in [4.69, 9.17) is 5.11 Å². The zero-order valence-corrected chi connectivity index (χ0v) is 8.96. The largest absolute Gasteiger partial charge is 0.392 e. The second kappa shape index (κ2) is 5.61. The maximum atomic E-state index is 8.87. The summed E-state index contributed by atoms with van der Waals surface area (Å²) in [6, 6.07) is 8.14. The van der Waals surface area contributed by atoms with Crippen LogP contribution in [0.2, 0.25) is 0 Å². The first-order chi connectivity index (χ1) is 6.72. The predicted octanol–water partition coefficient (Wildman–Crippen LogP) is 3.08. The summed E-state index contributed by atoms with van der Waals surface area (Å²) >= 11 is 0. The SMILES string of the molecule is CC(C)=CCCc1ccc(CO)cc1. The Labute approximate surface area is 86.1 Å². The Bertz CT molecular complexity index is 292. The third-order valence-electron chi connectivity index (χ3n) is 2.19. The molecule has 1 nitrogen and oxygen atoms in total. The third kappa shape index (κ3) is 3.75. The fraction of sp³-hybridized carbons (Fsp3) is 0.385. The maximum absolute atomic E-state index is 8.87. The van der Waals surface area contributed by atoms with E-state index in [9.17, 15) is 0 Å². The van der Waals surface area contributed by atoms with Crippen molar-refractivity contribution in [2.24, 2.45) is 0 Å². The highest BCUT2D eigenvalue weighted by atomic mass is 16.3. The summed E-state index contributed by atoms with van der Waals surface area (Å²) < 4.78 is 0. The van der Waals surface area contributed by atoms with Crippen molar-refractivity contribution in [1.82, 2.24) is 0 Å². The summed E-state index contributed by atoms with van der Waals surface area (Å²) in [7, 11) is 0. The molecule has 76 valence electrons. The summed E-state index contributed by atoms with van der Waals surface area (Å²) in [5.41, 5.74) is 3.69. The molecular weight excluding hydrogens is 172 g/mol. The summed E-state index contributed by atoms with van der Waals surface area (Å²) in [6.45, 7) is 4.37. The Morgan fingerprint density at radius 1 is 1.14 bits per heavy atom. The second-order valence-corrected chi connectivity index (χ2v) is 3.79. The summed E-state index contributed by atoms with van der Waals surface area (Å²) in [6.07, 6.45) is 4.43. The molecule has 0 saturated carbocycles. The van der Waals surface area contributed by atoms with Crippen molar-refractivity contribution in [2.75, 3.05) is 0 Å². The summed E-state index contributed by atoms with van der Waals surface area (Å²) in [4.78, 5) is 0. The average Bonchev–Trinajstić information content (AvgIpc) is 2.18. The lowest BCUT2D eigenvalue weighted by Gasteiger charge is -2.00. The number of rotatable bonds is 4. The van der Waals surface area contributed by atoms with Crippen LogP contribution in [0.3, 0.4) is 0 Å². The minimum atomic E-state index is 0.133. The van der Waals surface area contributed by atoms with E-state index in [1.165, 1.54) is 11.1 Å². The molecule has 14 heavy (non-hydrogen) atoms. The second-order valence-electron chi connectivity index (χ2n) is 3.79. The molecule has 0 fully saturated rings. The normalized spacial score (nSPS) is 9.93. The molecule has 1 rings (SSSR count). The average molecular weight is 190 g/mol. The molecule has 1 heteroatoms. The molecule has 1 aromatic rings. The van der Waals surface area contributed by atoms with Crippen LogP contribution in [-0.4, -0.2) is 5.11 Å². The molecule has 1 N–H and O–H groups in total. The molecule has 0 unspecified atom stereocenters. The molecule has 0 bridgehead atoms. The lowest BCUT2D eigenvalue weighted by atomic mass is 10.1. The highest BCUT2D eigenvalue weighted by Gasteiger charge is 1.92. The van der Waals surface area contributed by atoms with Gasteiger partial charge in [0.15, 0.2) is 0 Å². The van der Waals surface area contributed by atoms with E-state index in [0.717, 1.165) is 18.4 Å². The van der Waals surface area contributed by atoms with Crippen molar-refractivity contribution >= 4 is 0 Å². The first kappa shape index (κ1) is 11.0. The van der Waals surface area contributed by atoms with Gasteiger partial charge in [-0.25, -0.2) is 0 Å². The van der Waals surface area contributed by atoms with Gasteiger partial charge in [-0.1, -0.05) is 35.9 Å². The standard InChI is InChI=1S/C13H18O/c1-11(2)4-3-5-12-6-8-13(10-14)9-7-12/h4,6-9,14H,3,5,10H2,1-2H3. The van der Waals surface area contributed by atoms with Crippen LogP contribution in [0, 0.1) is 0 Å². The van der Waals surface area contributed by atoms with E-state index >= 15 is 0 Å². The van der Waals surface area contributed by atoms with E-state index in [1.54, 1.807) is 0 Å². The first-order valence-electron chi connectivity index (χ1n) is 5.04. The van der Waals surface area contributed by atoms with Crippen molar-refractivity contribution in [1.29, 1.82) is 0 Å². The number of aliphatic hydroxyl groups excluding tert-OH is 1. The Morgan fingerprint density at radius 2 is 1.71 bits per heavy atom. The van der Waals surface area contributed by atoms with Gasteiger partial charge < -0.3 is 5.11 Å². The van der Waals surface area contributed by atoms with Crippen LogP contribution < -0.4 is 0 Å². The van der Waals surface area contributed by atoms with E-state index in [2.05, 4.69) is 32.1 Å². The lowest BCUT2D eigenvalue weighted by molar-refractivity contribution is 0.282. The van der Waals surface area contributed by atoms with Gasteiger partial charge in [-0.15, -0.1) is 0 Å². The van der Waals surface area contributed by atoms with Crippen LogP contribution >= 0.6 is 0 Å². The van der Waals surface area contributed by atoms with Gasteiger partial charge in [0.05, 0.1) is 6.61 Å². The molecule has 0 aliphatic rings. The van der Waals surface area contributed by atoms with Crippen LogP contribution in [0.25, 0.3) is 0 Å². The van der Waals surface area contributed by atoms with Gasteiger partial charge in [0.2, 0.25) is 0 Å². The number of hydrogen-bond donors (Lipinski definition) is 1. The zero-order valence-electron chi connectivity index (χ0n) is 8.96. The van der Waals surface area contributed by atoms with Crippen LogP contribution in [-0.2, 0) is 13.0 Å².